The predicted octanol–water partition coefficient (Wildman–Crippen LogP) is 3.18. The lowest BCUT2D eigenvalue weighted by atomic mass is 10.3. The Bertz CT molecular complexity index is 947. The van der Waals surface area contributed by atoms with Gasteiger partial charge in [-0.05, 0) is 24.3 Å². The first-order valence-electron chi connectivity index (χ1n) is 6.83. The zero-order chi connectivity index (χ0) is 14.2. The highest BCUT2D eigenvalue weighted by Crippen LogP contribution is 2.17. The van der Waals surface area contributed by atoms with Crippen LogP contribution in [0.1, 0.15) is 5.82 Å². The summed E-state index contributed by atoms with van der Waals surface area (Å²) in [5.74, 6) is 0.915. The molecule has 4 rings (SSSR count). The van der Waals surface area contributed by atoms with E-state index in [0.29, 0.717) is 6.54 Å². The molecule has 2 aromatic heterocycles. The molecule has 0 saturated heterocycles. The molecule has 4 nitrogen and oxygen atoms in total. The molecule has 0 aliphatic carbocycles. The van der Waals surface area contributed by atoms with Crippen LogP contribution in [0.2, 0.25) is 0 Å². The van der Waals surface area contributed by atoms with Gasteiger partial charge in [0.2, 0.25) is 0 Å². The van der Waals surface area contributed by atoms with Gasteiger partial charge in [-0.2, -0.15) is 0 Å². The van der Waals surface area contributed by atoms with Crippen LogP contribution in [-0.4, -0.2) is 14.5 Å². The lowest BCUT2D eigenvalue weighted by Crippen LogP contribution is -2.14. The van der Waals surface area contributed by atoms with Crippen molar-refractivity contribution in [2.24, 2.45) is 0 Å². The van der Waals surface area contributed by atoms with Crippen LogP contribution in [0.15, 0.2) is 53.3 Å². The number of fused-ring (bicyclic) bond motifs is 2. The van der Waals surface area contributed by atoms with Gasteiger partial charge in [0.1, 0.15) is 5.82 Å². The molecule has 0 fully saturated rings. The lowest BCUT2D eigenvalue weighted by molar-refractivity contribution is 0.689. The molecule has 0 spiro atoms. The van der Waals surface area contributed by atoms with Crippen LogP contribution in [0, 0.1) is 0 Å². The molecule has 0 amide bonds. The van der Waals surface area contributed by atoms with E-state index in [1.807, 2.05) is 53.1 Å². The van der Waals surface area contributed by atoms with Crippen LogP contribution >= 0.6 is 11.3 Å². The predicted molar refractivity (Wildman–Crippen MR) is 85.9 cm³/mol. The number of benzene rings is 2. The van der Waals surface area contributed by atoms with Crippen molar-refractivity contribution in [1.82, 2.24) is 14.5 Å². The summed E-state index contributed by atoms with van der Waals surface area (Å²) in [7, 11) is 0. The molecule has 0 atom stereocenters. The van der Waals surface area contributed by atoms with E-state index in [0.717, 1.165) is 33.5 Å². The van der Waals surface area contributed by atoms with Crippen molar-refractivity contribution in [3.8, 4) is 0 Å². The Labute approximate surface area is 124 Å². The highest BCUT2D eigenvalue weighted by molar-refractivity contribution is 7.16. The standard InChI is InChI=1S/C16H13N3OS/c20-16-19(13-7-3-4-8-14(13)21-16)10-9-15-17-11-5-1-2-6-12(11)18-15/h1-8H,9-10H2,(H,17,18). The van der Waals surface area contributed by atoms with Gasteiger partial charge in [-0.1, -0.05) is 35.6 Å². The SMILES string of the molecule is O=c1sc2ccccc2n1CCc1nc2ccccc2[nH]1. The highest BCUT2D eigenvalue weighted by Gasteiger charge is 2.08. The molecular weight excluding hydrogens is 282 g/mol. The van der Waals surface area contributed by atoms with E-state index in [4.69, 9.17) is 0 Å². The molecule has 2 heterocycles. The molecule has 0 radical (unpaired) electrons. The average Bonchev–Trinajstić information content (AvgIpc) is 3.04. The number of nitrogens with one attached hydrogen (secondary N) is 1. The summed E-state index contributed by atoms with van der Waals surface area (Å²) < 4.78 is 2.86. The number of thiazole rings is 1. The molecule has 0 aliphatic heterocycles. The Morgan fingerprint density at radius 3 is 2.81 bits per heavy atom. The molecule has 2 aromatic carbocycles. The third kappa shape index (κ3) is 2.15. The molecule has 1 N–H and O–H groups in total. The first kappa shape index (κ1) is 12.3. The molecule has 0 bridgehead atoms. The van der Waals surface area contributed by atoms with Gasteiger partial charge in [0.25, 0.3) is 0 Å². The third-order valence-corrected chi connectivity index (χ3v) is 4.54. The molecule has 0 unspecified atom stereocenters. The van der Waals surface area contributed by atoms with Crippen molar-refractivity contribution in [1.29, 1.82) is 0 Å². The second kappa shape index (κ2) is 4.86. The van der Waals surface area contributed by atoms with Gasteiger partial charge in [-0.3, -0.25) is 9.36 Å². The molecular formula is C16H13N3OS. The summed E-state index contributed by atoms with van der Waals surface area (Å²) in [5, 5.41) is 0. The number of hydrogen-bond acceptors (Lipinski definition) is 3. The quantitative estimate of drug-likeness (QED) is 0.631. The number of aromatic nitrogens is 3. The normalized spacial score (nSPS) is 11.4. The minimum Gasteiger partial charge on any atom is -0.342 e. The summed E-state index contributed by atoms with van der Waals surface area (Å²) in [4.78, 5) is 20.0. The van der Waals surface area contributed by atoms with E-state index >= 15 is 0 Å². The minimum absolute atomic E-state index is 0.0901. The maximum absolute atomic E-state index is 12.1. The minimum atomic E-state index is 0.0901. The van der Waals surface area contributed by atoms with E-state index in [1.54, 1.807) is 0 Å². The van der Waals surface area contributed by atoms with Crippen LogP contribution < -0.4 is 4.87 Å². The summed E-state index contributed by atoms with van der Waals surface area (Å²) in [6, 6.07) is 15.9. The fraction of sp³-hybridized carbons (Fsp3) is 0.125. The molecule has 104 valence electrons. The first-order valence-corrected chi connectivity index (χ1v) is 7.65. The summed E-state index contributed by atoms with van der Waals surface area (Å²) in [6.07, 6.45) is 0.718. The Balaban J connectivity index is 1.66. The molecule has 0 saturated carbocycles. The fourth-order valence-corrected chi connectivity index (χ4v) is 3.48. The van der Waals surface area contributed by atoms with Crippen LogP contribution in [0.4, 0.5) is 0 Å². The van der Waals surface area contributed by atoms with Gasteiger partial charge in [-0.25, -0.2) is 4.98 Å². The van der Waals surface area contributed by atoms with Crippen molar-refractivity contribution in [3.05, 3.63) is 64.0 Å². The van der Waals surface area contributed by atoms with Gasteiger partial charge >= 0.3 is 4.87 Å². The van der Waals surface area contributed by atoms with Crippen LogP contribution in [0.25, 0.3) is 21.3 Å². The van der Waals surface area contributed by atoms with Gasteiger partial charge in [0.15, 0.2) is 0 Å². The first-order chi connectivity index (χ1) is 10.3. The summed E-state index contributed by atoms with van der Waals surface area (Å²) in [5.41, 5.74) is 3.01. The molecule has 0 aliphatic rings. The van der Waals surface area contributed by atoms with Crippen molar-refractivity contribution >= 4 is 32.6 Å². The lowest BCUT2D eigenvalue weighted by Gasteiger charge is -2.01. The number of aromatic amines is 1. The number of rotatable bonds is 3. The smallest absolute Gasteiger partial charge is 0.308 e. The number of imidazole rings is 1. The Morgan fingerprint density at radius 2 is 1.90 bits per heavy atom. The van der Waals surface area contributed by atoms with E-state index in [2.05, 4.69) is 9.97 Å². The number of para-hydroxylation sites is 3. The van der Waals surface area contributed by atoms with Crippen molar-refractivity contribution in [2.75, 3.05) is 0 Å². The topological polar surface area (TPSA) is 50.7 Å². The summed E-state index contributed by atoms with van der Waals surface area (Å²) >= 11 is 1.30. The van der Waals surface area contributed by atoms with Crippen LogP contribution in [0.3, 0.4) is 0 Å². The molecule has 4 aromatic rings. The maximum atomic E-state index is 12.1. The Morgan fingerprint density at radius 1 is 1.10 bits per heavy atom. The summed E-state index contributed by atoms with van der Waals surface area (Å²) in [6.45, 7) is 0.642. The number of nitrogens with zero attached hydrogens (tertiary/aromatic N) is 2. The van der Waals surface area contributed by atoms with Crippen LogP contribution in [-0.2, 0) is 13.0 Å². The highest BCUT2D eigenvalue weighted by atomic mass is 32.1. The maximum Gasteiger partial charge on any atom is 0.308 e. The largest absolute Gasteiger partial charge is 0.342 e. The van der Waals surface area contributed by atoms with Crippen molar-refractivity contribution in [2.45, 2.75) is 13.0 Å². The number of aryl methyl sites for hydroxylation is 2. The fourth-order valence-electron chi connectivity index (χ4n) is 2.57. The van der Waals surface area contributed by atoms with Crippen molar-refractivity contribution in [3.63, 3.8) is 0 Å². The average molecular weight is 295 g/mol. The Hall–Kier alpha value is -2.40. The number of hydrogen-bond donors (Lipinski definition) is 1. The zero-order valence-corrected chi connectivity index (χ0v) is 12.1. The third-order valence-electron chi connectivity index (χ3n) is 3.58. The van der Waals surface area contributed by atoms with Gasteiger partial charge in [0.05, 0.1) is 21.3 Å². The van der Waals surface area contributed by atoms with Gasteiger partial charge in [-0.15, -0.1) is 0 Å². The second-order valence-corrected chi connectivity index (χ2v) is 5.93. The zero-order valence-electron chi connectivity index (χ0n) is 11.2. The Kier molecular flexibility index (Phi) is 2.86. The molecule has 5 heteroatoms. The van der Waals surface area contributed by atoms with E-state index in [9.17, 15) is 4.79 Å². The monoisotopic (exact) mass is 295 g/mol. The van der Waals surface area contributed by atoms with Crippen LogP contribution in [0.5, 0.6) is 0 Å². The van der Waals surface area contributed by atoms with Crippen molar-refractivity contribution < 1.29 is 0 Å². The van der Waals surface area contributed by atoms with Gasteiger partial charge < -0.3 is 4.98 Å². The van der Waals surface area contributed by atoms with E-state index < -0.39 is 0 Å². The second-order valence-electron chi connectivity index (χ2n) is 4.94. The molecule has 21 heavy (non-hydrogen) atoms. The van der Waals surface area contributed by atoms with E-state index in [1.165, 1.54) is 11.3 Å². The number of H-pyrrole nitrogens is 1. The van der Waals surface area contributed by atoms with E-state index in [-0.39, 0.29) is 4.87 Å². The van der Waals surface area contributed by atoms with Gasteiger partial charge in [0, 0.05) is 13.0 Å².